The standard InChI is InChI=1S/C44H34N7O/c1-49-22-16-29(17-23-49)42-35-10-8-33(45-35)41(28-4-6-32(52)7-5-28)34-9-11-36(46-34)43(30-18-24-50(2)25-19-30)38-13-15-40(48-38)44(39-14-12-37(42)47-39)31-20-26-51(3)27-21-31/h4-27H,1-3H3,(H-,45,46,47,48,52)/q+1/p+2. The number of aromatic nitrogens is 7. The summed E-state index contributed by atoms with van der Waals surface area (Å²) in [5.41, 5.74) is 15.1. The van der Waals surface area contributed by atoms with E-state index in [1.807, 2.05) is 47.0 Å². The van der Waals surface area contributed by atoms with Gasteiger partial charge in [-0.25, -0.2) is 23.7 Å². The summed E-state index contributed by atoms with van der Waals surface area (Å²) in [5.74, 6) is 0.211. The molecule has 7 aromatic rings. The van der Waals surface area contributed by atoms with E-state index < -0.39 is 0 Å². The van der Waals surface area contributed by atoms with Gasteiger partial charge in [0.1, 0.15) is 26.9 Å². The Hall–Kier alpha value is -6.93. The van der Waals surface area contributed by atoms with E-state index in [1.54, 1.807) is 12.1 Å². The predicted octanol–water partition coefficient (Wildman–Crippen LogP) is 7.50. The van der Waals surface area contributed by atoms with E-state index >= 15 is 0 Å². The molecule has 8 heteroatoms. The van der Waals surface area contributed by atoms with Gasteiger partial charge in [0.15, 0.2) is 37.2 Å². The Morgan fingerprint density at radius 2 is 0.654 bits per heavy atom. The maximum absolute atomic E-state index is 10.2. The molecule has 8 bridgehead atoms. The van der Waals surface area contributed by atoms with Crippen LogP contribution in [0.25, 0.3) is 90.9 Å². The van der Waals surface area contributed by atoms with E-state index in [0.29, 0.717) is 0 Å². The molecule has 0 saturated heterocycles. The van der Waals surface area contributed by atoms with Gasteiger partial charge in [-0.15, -0.1) is 0 Å². The molecular formula is C44H36N7O+3. The first-order valence-corrected chi connectivity index (χ1v) is 17.2. The van der Waals surface area contributed by atoms with Gasteiger partial charge in [-0.1, -0.05) is 12.1 Å². The van der Waals surface area contributed by atoms with Crippen LogP contribution >= 0.6 is 0 Å². The highest BCUT2D eigenvalue weighted by Gasteiger charge is 2.19. The summed E-state index contributed by atoms with van der Waals surface area (Å²) in [6, 6.07) is 28.6. The van der Waals surface area contributed by atoms with Crippen molar-refractivity contribution in [1.29, 1.82) is 0 Å². The quantitative estimate of drug-likeness (QED) is 0.169. The van der Waals surface area contributed by atoms with Crippen molar-refractivity contribution in [1.82, 2.24) is 19.9 Å². The van der Waals surface area contributed by atoms with E-state index in [4.69, 9.17) is 9.97 Å². The lowest BCUT2D eigenvalue weighted by molar-refractivity contribution is -0.671. The van der Waals surface area contributed by atoms with Crippen LogP contribution in [0.2, 0.25) is 0 Å². The Morgan fingerprint density at radius 3 is 0.942 bits per heavy atom. The second-order valence-corrected chi connectivity index (χ2v) is 13.3. The first kappa shape index (κ1) is 31.1. The average molecular weight is 679 g/mol. The predicted molar refractivity (Wildman–Crippen MR) is 206 cm³/mol. The fourth-order valence-corrected chi connectivity index (χ4v) is 7.05. The lowest BCUT2D eigenvalue weighted by atomic mass is 10.0. The molecule has 0 atom stereocenters. The number of aromatic hydroxyl groups is 1. The Bertz CT molecular complexity index is 2360. The van der Waals surface area contributed by atoms with Crippen molar-refractivity contribution in [3.8, 4) is 50.3 Å². The summed E-state index contributed by atoms with van der Waals surface area (Å²) < 4.78 is 6.10. The molecule has 9 rings (SSSR count). The summed E-state index contributed by atoms with van der Waals surface area (Å²) >= 11 is 0. The molecule has 3 N–H and O–H groups in total. The van der Waals surface area contributed by atoms with E-state index in [1.165, 1.54) is 0 Å². The van der Waals surface area contributed by atoms with E-state index in [0.717, 1.165) is 89.4 Å². The zero-order valence-electron chi connectivity index (χ0n) is 29.0. The number of hydrogen-bond acceptors (Lipinski definition) is 3. The number of hydrogen-bond donors (Lipinski definition) is 3. The number of benzene rings is 1. The van der Waals surface area contributed by atoms with Crippen LogP contribution in [-0.4, -0.2) is 25.0 Å². The third-order valence-electron chi connectivity index (χ3n) is 9.71. The van der Waals surface area contributed by atoms with Crippen molar-refractivity contribution >= 4 is 46.4 Å². The van der Waals surface area contributed by atoms with Crippen LogP contribution in [-0.2, 0) is 21.1 Å². The average Bonchev–Trinajstić information content (AvgIpc) is 3.99. The molecule has 8 nitrogen and oxygen atoms in total. The van der Waals surface area contributed by atoms with Crippen molar-refractivity contribution in [2.45, 2.75) is 0 Å². The van der Waals surface area contributed by atoms with Crippen LogP contribution in [0, 0.1) is 0 Å². The number of nitrogens with one attached hydrogen (secondary N) is 2. The topological polar surface area (TPSA) is 89.2 Å². The second kappa shape index (κ2) is 12.4. The van der Waals surface area contributed by atoms with Gasteiger partial charge in [0.05, 0.1) is 22.8 Å². The van der Waals surface area contributed by atoms with Crippen LogP contribution in [0.5, 0.6) is 5.75 Å². The monoisotopic (exact) mass is 678 g/mol. The third kappa shape index (κ3) is 5.56. The molecule has 0 aliphatic carbocycles. The third-order valence-corrected chi connectivity index (χ3v) is 9.71. The molecule has 0 saturated carbocycles. The van der Waals surface area contributed by atoms with Crippen LogP contribution in [0.4, 0.5) is 0 Å². The summed E-state index contributed by atoms with van der Waals surface area (Å²) in [7, 11) is 6.06. The maximum Gasteiger partial charge on any atom is 0.169 e. The first-order chi connectivity index (χ1) is 25.4. The summed E-state index contributed by atoms with van der Waals surface area (Å²) in [6.07, 6.45) is 20.8. The second-order valence-electron chi connectivity index (χ2n) is 13.3. The minimum Gasteiger partial charge on any atom is -0.508 e. The number of H-pyrrole nitrogens is 2. The van der Waals surface area contributed by atoms with Crippen LogP contribution in [0.3, 0.4) is 0 Å². The van der Waals surface area contributed by atoms with E-state index in [-0.39, 0.29) is 5.75 Å². The molecule has 52 heavy (non-hydrogen) atoms. The summed E-state index contributed by atoms with van der Waals surface area (Å²) in [6.45, 7) is 0. The number of aromatic amines is 2. The number of nitrogens with zero attached hydrogens (tertiary/aromatic N) is 5. The number of pyridine rings is 3. The highest BCUT2D eigenvalue weighted by Crippen LogP contribution is 2.38. The normalized spacial score (nSPS) is 12.1. The number of phenols is 1. The molecule has 0 fully saturated rings. The molecule has 0 radical (unpaired) electrons. The van der Waals surface area contributed by atoms with Gasteiger partial charge in [0.25, 0.3) is 0 Å². The SMILES string of the molecule is C[n+]1ccc(-c2c3nc(c(-c4cc[n+](C)cc4)c4ccc([nH]4)c(-c4cc[n+](C)cc4)c4nc(c(-c5ccc(O)cc5)c5ccc2[nH]5)C=C4)C=C3)cc1. The number of phenolic OH excluding ortho intramolecular Hbond substituents is 1. The van der Waals surface area contributed by atoms with Crippen molar-refractivity contribution in [2.24, 2.45) is 21.1 Å². The maximum atomic E-state index is 10.2. The lowest BCUT2D eigenvalue weighted by Gasteiger charge is -2.06. The van der Waals surface area contributed by atoms with Gasteiger partial charge >= 0.3 is 0 Å². The van der Waals surface area contributed by atoms with E-state index in [2.05, 4.69) is 132 Å². The number of aryl methyl sites for hydroxylation is 3. The minimum absolute atomic E-state index is 0.211. The van der Waals surface area contributed by atoms with Crippen molar-refractivity contribution in [2.75, 3.05) is 0 Å². The first-order valence-electron chi connectivity index (χ1n) is 17.2. The summed E-state index contributed by atoms with van der Waals surface area (Å²) in [5, 5.41) is 10.2. The molecule has 0 spiro atoms. The number of rotatable bonds is 4. The zero-order chi connectivity index (χ0) is 35.3. The van der Waals surface area contributed by atoms with Gasteiger partial charge in [0, 0.05) is 80.7 Å². The fraction of sp³-hybridized carbons (Fsp3) is 0.0682. The fourth-order valence-electron chi connectivity index (χ4n) is 7.05. The van der Waals surface area contributed by atoms with Crippen LogP contribution < -0.4 is 13.7 Å². The largest absolute Gasteiger partial charge is 0.508 e. The molecule has 250 valence electrons. The van der Waals surface area contributed by atoms with Crippen molar-refractivity contribution in [3.63, 3.8) is 0 Å². The molecule has 6 aromatic heterocycles. The van der Waals surface area contributed by atoms with Crippen molar-refractivity contribution in [3.05, 3.63) is 145 Å². The molecule has 2 aliphatic rings. The smallest absolute Gasteiger partial charge is 0.169 e. The minimum atomic E-state index is 0.211. The van der Waals surface area contributed by atoms with Gasteiger partial charge < -0.3 is 15.1 Å². The summed E-state index contributed by atoms with van der Waals surface area (Å²) in [4.78, 5) is 18.3. The van der Waals surface area contributed by atoms with Gasteiger partial charge in [0.2, 0.25) is 0 Å². The zero-order valence-corrected chi connectivity index (χ0v) is 29.0. The molecule has 0 unspecified atom stereocenters. The van der Waals surface area contributed by atoms with Crippen LogP contribution in [0.1, 0.15) is 22.8 Å². The molecule has 0 amide bonds. The van der Waals surface area contributed by atoms with Crippen molar-refractivity contribution < 1.29 is 18.8 Å². The van der Waals surface area contributed by atoms with Gasteiger partial charge in [-0.05, 0) is 83.0 Å². The highest BCUT2D eigenvalue weighted by molar-refractivity contribution is 5.99. The highest BCUT2D eigenvalue weighted by atomic mass is 16.3. The van der Waals surface area contributed by atoms with Crippen LogP contribution in [0.15, 0.2) is 122 Å². The Kier molecular flexibility index (Phi) is 7.43. The molecule has 1 aromatic carbocycles. The number of fused-ring (bicyclic) bond motifs is 8. The lowest BCUT2D eigenvalue weighted by Crippen LogP contribution is -2.25. The Morgan fingerprint density at radius 1 is 0.385 bits per heavy atom. The van der Waals surface area contributed by atoms with E-state index in [9.17, 15) is 5.11 Å². The molecule has 2 aliphatic heterocycles. The van der Waals surface area contributed by atoms with Gasteiger partial charge in [-0.3, -0.25) is 0 Å². The molecule has 8 heterocycles. The Labute approximate surface area is 300 Å². The molecular weight excluding hydrogens is 643 g/mol. The Balaban J connectivity index is 1.47. The van der Waals surface area contributed by atoms with Gasteiger partial charge in [-0.2, -0.15) is 0 Å².